The number of anilines is 1. The van der Waals surface area contributed by atoms with Crippen LogP contribution < -0.4 is 10.4 Å². The lowest BCUT2D eigenvalue weighted by Crippen LogP contribution is -2.22. The molecule has 0 saturated carbocycles. The maximum Gasteiger partial charge on any atom is 0.294 e. The fraction of sp³-hybridized carbons (Fsp3) is 0.286. The Bertz CT molecular complexity index is 356. The van der Waals surface area contributed by atoms with Crippen molar-refractivity contribution in [2.24, 2.45) is 0 Å². The summed E-state index contributed by atoms with van der Waals surface area (Å²) >= 11 is 3.11. The molecular formula is C7H9BrN4O2. The molecule has 1 rings (SSSR count). The van der Waals surface area contributed by atoms with Crippen LogP contribution in [-0.4, -0.2) is 35.2 Å². The van der Waals surface area contributed by atoms with Gasteiger partial charge in [-0.3, -0.25) is 10.0 Å². The summed E-state index contributed by atoms with van der Waals surface area (Å²) in [6.07, 6.45) is 1.45. The highest BCUT2D eigenvalue weighted by Crippen LogP contribution is 2.15. The molecule has 1 amide bonds. The number of carbonyl (C=O) groups is 1. The van der Waals surface area contributed by atoms with Crippen LogP contribution >= 0.6 is 15.9 Å². The zero-order valence-electron chi connectivity index (χ0n) is 7.65. The Morgan fingerprint density at radius 2 is 2.29 bits per heavy atom. The van der Waals surface area contributed by atoms with E-state index in [-0.39, 0.29) is 5.69 Å². The van der Waals surface area contributed by atoms with Gasteiger partial charge in [-0.05, 0) is 15.9 Å². The second-order valence-electron chi connectivity index (χ2n) is 2.70. The molecule has 0 saturated heterocycles. The SMILES string of the molecule is CN(C)c1ncc(Br)c(C(=O)NO)n1. The van der Waals surface area contributed by atoms with E-state index in [4.69, 9.17) is 5.21 Å². The van der Waals surface area contributed by atoms with Gasteiger partial charge in [0.25, 0.3) is 5.91 Å². The molecule has 6 nitrogen and oxygen atoms in total. The van der Waals surface area contributed by atoms with Crippen molar-refractivity contribution in [3.63, 3.8) is 0 Å². The Hall–Kier alpha value is -1.21. The van der Waals surface area contributed by atoms with Crippen molar-refractivity contribution in [1.29, 1.82) is 0 Å². The Morgan fingerprint density at radius 3 is 2.79 bits per heavy atom. The number of hydrogen-bond donors (Lipinski definition) is 2. The normalized spacial score (nSPS) is 9.71. The minimum atomic E-state index is -0.678. The molecule has 0 aliphatic heterocycles. The average molecular weight is 261 g/mol. The molecule has 0 atom stereocenters. The second-order valence-corrected chi connectivity index (χ2v) is 3.56. The molecule has 0 aliphatic rings. The summed E-state index contributed by atoms with van der Waals surface area (Å²) in [5.74, 6) is -0.283. The van der Waals surface area contributed by atoms with E-state index < -0.39 is 5.91 Å². The zero-order chi connectivity index (χ0) is 10.7. The summed E-state index contributed by atoms with van der Waals surface area (Å²) in [5, 5.41) is 8.45. The minimum absolute atomic E-state index is 0.0891. The van der Waals surface area contributed by atoms with Crippen molar-refractivity contribution in [1.82, 2.24) is 15.4 Å². The molecule has 0 radical (unpaired) electrons. The first-order valence-electron chi connectivity index (χ1n) is 3.70. The van der Waals surface area contributed by atoms with E-state index >= 15 is 0 Å². The van der Waals surface area contributed by atoms with Crippen molar-refractivity contribution in [2.45, 2.75) is 0 Å². The molecule has 7 heteroatoms. The fourth-order valence-electron chi connectivity index (χ4n) is 0.785. The first-order valence-corrected chi connectivity index (χ1v) is 4.50. The van der Waals surface area contributed by atoms with Crippen LogP contribution in [-0.2, 0) is 0 Å². The monoisotopic (exact) mass is 260 g/mol. The quantitative estimate of drug-likeness (QED) is 0.596. The Labute approximate surface area is 89.1 Å². The maximum atomic E-state index is 11.1. The summed E-state index contributed by atoms with van der Waals surface area (Å²) in [5.41, 5.74) is 1.60. The van der Waals surface area contributed by atoms with Crippen LogP contribution in [0.4, 0.5) is 5.95 Å². The lowest BCUT2D eigenvalue weighted by atomic mass is 10.4. The van der Waals surface area contributed by atoms with Gasteiger partial charge in [0.1, 0.15) is 5.69 Å². The molecular weight excluding hydrogens is 252 g/mol. The molecule has 76 valence electrons. The van der Waals surface area contributed by atoms with Crippen molar-refractivity contribution in [3.8, 4) is 0 Å². The van der Waals surface area contributed by atoms with Gasteiger partial charge in [-0.1, -0.05) is 0 Å². The summed E-state index contributed by atoms with van der Waals surface area (Å²) in [7, 11) is 3.51. The number of halogens is 1. The number of nitrogens with zero attached hydrogens (tertiary/aromatic N) is 3. The van der Waals surface area contributed by atoms with E-state index in [0.717, 1.165) is 0 Å². The molecule has 0 fully saturated rings. The third kappa shape index (κ3) is 2.18. The Kier molecular flexibility index (Phi) is 3.37. The van der Waals surface area contributed by atoms with Crippen LogP contribution in [0.25, 0.3) is 0 Å². The van der Waals surface area contributed by atoms with Crippen LogP contribution in [0.1, 0.15) is 10.5 Å². The van der Waals surface area contributed by atoms with Crippen LogP contribution in [0.5, 0.6) is 0 Å². The number of hydrogen-bond acceptors (Lipinski definition) is 5. The first-order chi connectivity index (χ1) is 6.56. The van der Waals surface area contributed by atoms with Gasteiger partial charge in [0.05, 0.1) is 4.47 Å². The Morgan fingerprint density at radius 1 is 1.64 bits per heavy atom. The number of amides is 1. The molecule has 0 unspecified atom stereocenters. The highest BCUT2D eigenvalue weighted by Gasteiger charge is 2.13. The van der Waals surface area contributed by atoms with Gasteiger partial charge in [-0.2, -0.15) is 0 Å². The van der Waals surface area contributed by atoms with Crippen molar-refractivity contribution < 1.29 is 10.0 Å². The van der Waals surface area contributed by atoms with E-state index in [0.29, 0.717) is 10.4 Å². The van der Waals surface area contributed by atoms with E-state index in [1.807, 2.05) is 0 Å². The molecule has 14 heavy (non-hydrogen) atoms. The van der Waals surface area contributed by atoms with Crippen molar-refractivity contribution in [2.75, 3.05) is 19.0 Å². The van der Waals surface area contributed by atoms with Crippen LogP contribution in [0.15, 0.2) is 10.7 Å². The summed E-state index contributed by atoms with van der Waals surface area (Å²) in [6.45, 7) is 0. The van der Waals surface area contributed by atoms with Crippen molar-refractivity contribution in [3.05, 3.63) is 16.4 Å². The molecule has 1 heterocycles. The number of carbonyl (C=O) groups excluding carboxylic acids is 1. The fourth-order valence-corrected chi connectivity index (χ4v) is 1.16. The molecule has 2 N–H and O–H groups in total. The van der Waals surface area contributed by atoms with Gasteiger partial charge in [0.2, 0.25) is 5.95 Å². The number of rotatable bonds is 2. The predicted octanol–water partition coefficient (Wildman–Crippen LogP) is 0.424. The summed E-state index contributed by atoms with van der Waals surface area (Å²) < 4.78 is 0.426. The lowest BCUT2D eigenvalue weighted by molar-refractivity contribution is 0.0699. The highest BCUT2D eigenvalue weighted by molar-refractivity contribution is 9.10. The van der Waals surface area contributed by atoms with Crippen LogP contribution in [0, 0.1) is 0 Å². The molecule has 1 aromatic rings. The Balaban J connectivity index is 3.15. The molecule has 0 aromatic carbocycles. The predicted molar refractivity (Wildman–Crippen MR) is 53.3 cm³/mol. The van der Waals surface area contributed by atoms with Crippen LogP contribution in [0.3, 0.4) is 0 Å². The number of aromatic nitrogens is 2. The second kappa shape index (κ2) is 4.34. The topological polar surface area (TPSA) is 78.4 Å². The standard InChI is InChI=1S/C7H9BrN4O2/c1-12(2)7-9-3-4(8)5(10-7)6(13)11-14/h3,14H,1-2H3,(H,11,13). The number of hydroxylamine groups is 1. The average Bonchev–Trinajstić information content (AvgIpc) is 2.17. The molecule has 0 spiro atoms. The first kappa shape index (κ1) is 10.9. The van der Waals surface area contributed by atoms with E-state index in [1.54, 1.807) is 19.0 Å². The maximum absolute atomic E-state index is 11.1. The minimum Gasteiger partial charge on any atom is -0.347 e. The molecule has 1 aromatic heterocycles. The molecule has 0 aliphatic carbocycles. The van der Waals surface area contributed by atoms with E-state index in [9.17, 15) is 4.79 Å². The van der Waals surface area contributed by atoms with Gasteiger partial charge in [0, 0.05) is 20.3 Å². The van der Waals surface area contributed by atoms with Gasteiger partial charge in [-0.25, -0.2) is 15.4 Å². The largest absolute Gasteiger partial charge is 0.347 e. The summed E-state index contributed by atoms with van der Waals surface area (Å²) in [4.78, 5) is 20.7. The third-order valence-electron chi connectivity index (χ3n) is 1.45. The van der Waals surface area contributed by atoms with Crippen molar-refractivity contribution >= 4 is 27.8 Å². The van der Waals surface area contributed by atoms with Gasteiger partial charge in [0.15, 0.2) is 0 Å². The van der Waals surface area contributed by atoms with Gasteiger partial charge < -0.3 is 4.90 Å². The lowest BCUT2D eigenvalue weighted by Gasteiger charge is -2.10. The molecule has 0 bridgehead atoms. The van der Waals surface area contributed by atoms with E-state index in [1.165, 1.54) is 11.7 Å². The summed E-state index contributed by atoms with van der Waals surface area (Å²) in [6, 6.07) is 0. The van der Waals surface area contributed by atoms with Gasteiger partial charge in [-0.15, -0.1) is 0 Å². The number of nitrogens with one attached hydrogen (secondary N) is 1. The third-order valence-corrected chi connectivity index (χ3v) is 2.03. The smallest absolute Gasteiger partial charge is 0.294 e. The van der Waals surface area contributed by atoms with E-state index in [2.05, 4.69) is 25.9 Å². The highest BCUT2D eigenvalue weighted by atomic mass is 79.9. The van der Waals surface area contributed by atoms with Gasteiger partial charge >= 0.3 is 0 Å². The van der Waals surface area contributed by atoms with Crippen LogP contribution in [0.2, 0.25) is 0 Å². The zero-order valence-corrected chi connectivity index (χ0v) is 9.24.